The van der Waals surface area contributed by atoms with Gasteiger partial charge < -0.3 is 5.41 Å². The minimum Gasteiger partial charge on any atom is -0.305 e. The third kappa shape index (κ3) is 2.92. The predicted octanol–water partition coefficient (Wildman–Crippen LogP) is 3.90. The number of hydrogen-bond acceptors (Lipinski definition) is 5. The zero-order valence-corrected chi connectivity index (χ0v) is 16.0. The van der Waals surface area contributed by atoms with Gasteiger partial charge in [-0.2, -0.15) is 15.8 Å². The van der Waals surface area contributed by atoms with Crippen LogP contribution in [0.2, 0.25) is 5.02 Å². The van der Waals surface area contributed by atoms with Crippen LogP contribution in [0.1, 0.15) is 25.3 Å². The molecule has 1 aromatic carbocycles. The number of fused-ring (bicyclic) bond motifs is 1. The fourth-order valence-electron chi connectivity index (χ4n) is 4.28. The van der Waals surface area contributed by atoms with Crippen LogP contribution in [0.15, 0.2) is 35.9 Å². The van der Waals surface area contributed by atoms with Crippen LogP contribution in [-0.4, -0.2) is 29.7 Å². The molecular formula is C21H20ClN5. The van der Waals surface area contributed by atoms with E-state index in [2.05, 4.69) is 37.0 Å². The van der Waals surface area contributed by atoms with E-state index in [1.807, 2.05) is 18.2 Å². The lowest BCUT2D eigenvalue weighted by Gasteiger charge is -2.48. The summed E-state index contributed by atoms with van der Waals surface area (Å²) in [5, 5.41) is 38.7. The van der Waals surface area contributed by atoms with Gasteiger partial charge in [0.05, 0.1) is 29.8 Å². The lowest BCUT2D eigenvalue weighted by atomic mass is 9.55. The van der Waals surface area contributed by atoms with Crippen molar-refractivity contribution in [1.82, 2.24) is 4.90 Å². The Morgan fingerprint density at radius 2 is 1.81 bits per heavy atom. The van der Waals surface area contributed by atoms with Crippen molar-refractivity contribution in [2.45, 2.75) is 25.8 Å². The SMILES string of the molecule is CC(C)N1CC=C2[C@H](C1)[C@H](c1ccc(Cl)cc1)[C@H](C#N)C(=N)C2(C#N)C#N. The van der Waals surface area contributed by atoms with Crippen LogP contribution in [0.5, 0.6) is 0 Å². The maximum Gasteiger partial charge on any atom is 0.203 e. The Kier molecular flexibility index (Phi) is 5.07. The fraction of sp³-hybridized carbons (Fsp3) is 0.429. The molecule has 1 aromatic rings. The van der Waals surface area contributed by atoms with Gasteiger partial charge in [-0.25, -0.2) is 0 Å². The molecule has 1 fully saturated rings. The molecule has 5 nitrogen and oxygen atoms in total. The summed E-state index contributed by atoms with van der Waals surface area (Å²) in [5.41, 5.74) is -0.199. The lowest BCUT2D eigenvalue weighted by Crippen LogP contribution is -2.53. The van der Waals surface area contributed by atoms with Crippen molar-refractivity contribution in [3.05, 3.63) is 46.5 Å². The monoisotopic (exact) mass is 377 g/mol. The molecule has 27 heavy (non-hydrogen) atoms. The zero-order chi connectivity index (χ0) is 19.8. The highest BCUT2D eigenvalue weighted by Crippen LogP contribution is 2.52. The van der Waals surface area contributed by atoms with Crippen molar-refractivity contribution in [2.24, 2.45) is 17.3 Å². The molecule has 0 radical (unpaired) electrons. The third-order valence-electron chi connectivity index (χ3n) is 5.78. The molecular weight excluding hydrogens is 358 g/mol. The van der Waals surface area contributed by atoms with Gasteiger partial charge in [0.1, 0.15) is 0 Å². The van der Waals surface area contributed by atoms with Gasteiger partial charge in [0.25, 0.3) is 0 Å². The second kappa shape index (κ2) is 7.16. The Morgan fingerprint density at radius 1 is 1.19 bits per heavy atom. The van der Waals surface area contributed by atoms with E-state index in [-0.39, 0.29) is 17.5 Å². The van der Waals surface area contributed by atoms with Crippen molar-refractivity contribution < 1.29 is 0 Å². The molecule has 3 rings (SSSR count). The molecule has 0 amide bonds. The van der Waals surface area contributed by atoms with Crippen molar-refractivity contribution >= 4 is 17.3 Å². The van der Waals surface area contributed by atoms with E-state index in [1.54, 1.807) is 12.1 Å². The molecule has 0 bridgehead atoms. The molecule has 1 aliphatic carbocycles. The van der Waals surface area contributed by atoms with E-state index in [0.717, 1.165) is 5.56 Å². The van der Waals surface area contributed by atoms with Crippen molar-refractivity contribution in [3.8, 4) is 18.2 Å². The summed E-state index contributed by atoms with van der Waals surface area (Å²) in [6.07, 6.45) is 1.92. The highest BCUT2D eigenvalue weighted by atomic mass is 35.5. The molecule has 1 N–H and O–H groups in total. The van der Waals surface area contributed by atoms with Gasteiger partial charge in [-0.15, -0.1) is 0 Å². The number of hydrogen-bond donors (Lipinski definition) is 1. The number of rotatable bonds is 2. The summed E-state index contributed by atoms with van der Waals surface area (Å²) in [6, 6.07) is 13.9. The normalized spacial score (nSPS) is 27.1. The van der Waals surface area contributed by atoms with E-state index in [9.17, 15) is 15.8 Å². The van der Waals surface area contributed by atoms with Gasteiger partial charge in [-0.1, -0.05) is 29.8 Å². The van der Waals surface area contributed by atoms with Crippen LogP contribution in [-0.2, 0) is 0 Å². The first kappa shape index (κ1) is 19.1. The number of nitrogens with zero attached hydrogens (tertiary/aromatic N) is 4. The van der Waals surface area contributed by atoms with Gasteiger partial charge in [-0.05, 0) is 37.1 Å². The Balaban J connectivity index is 2.21. The number of nitriles is 3. The predicted molar refractivity (Wildman–Crippen MR) is 103 cm³/mol. The minimum absolute atomic E-state index is 0.115. The molecule has 1 saturated carbocycles. The summed E-state index contributed by atoms with van der Waals surface area (Å²) in [6.45, 7) is 5.48. The summed E-state index contributed by atoms with van der Waals surface area (Å²) in [7, 11) is 0. The quantitative estimate of drug-likeness (QED) is 0.790. The molecule has 0 saturated heterocycles. The highest BCUT2D eigenvalue weighted by Gasteiger charge is 2.56. The van der Waals surface area contributed by atoms with E-state index in [1.165, 1.54) is 0 Å². The van der Waals surface area contributed by atoms with Gasteiger partial charge in [0, 0.05) is 36.0 Å². The maximum absolute atomic E-state index is 9.87. The lowest BCUT2D eigenvalue weighted by molar-refractivity contribution is 0.175. The molecule has 1 heterocycles. The summed E-state index contributed by atoms with van der Waals surface area (Å²) < 4.78 is 0. The smallest absolute Gasteiger partial charge is 0.203 e. The van der Waals surface area contributed by atoms with E-state index in [0.29, 0.717) is 29.7 Å². The Bertz CT molecular complexity index is 896. The molecule has 6 heteroatoms. The summed E-state index contributed by atoms with van der Waals surface area (Å²) >= 11 is 6.03. The van der Waals surface area contributed by atoms with Crippen LogP contribution in [0, 0.1) is 56.7 Å². The molecule has 0 aromatic heterocycles. The topological polar surface area (TPSA) is 98.5 Å². The average molecular weight is 378 g/mol. The van der Waals surface area contributed by atoms with Crippen LogP contribution in [0.4, 0.5) is 0 Å². The van der Waals surface area contributed by atoms with Gasteiger partial charge in [0.15, 0.2) is 0 Å². The number of benzene rings is 1. The highest BCUT2D eigenvalue weighted by molar-refractivity contribution is 6.30. The van der Waals surface area contributed by atoms with Crippen LogP contribution < -0.4 is 0 Å². The summed E-state index contributed by atoms with van der Waals surface area (Å²) in [5.74, 6) is -1.30. The number of nitrogens with one attached hydrogen (secondary N) is 1. The largest absolute Gasteiger partial charge is 0.305 e. The second-order valence-corrected chi connectivity index (χ2v) is 7.82. The van der Waals surface area contributed by atoms with E-state index >= 15 is 0 Å². The maximum atomic E-state index is 9.87. The van der Waals surface area contributed by atoms with Crippen molar-refractivity contribution in [1.29, 1.82) is 21.2 Å². The molecule has 0 spiro atoms. The Hall–Kier alpha value is -2.65. The van der Waals surface area contributed by atoms with Crippen LogP contribution >= 0.6 is 11.6 Å². The minimum atomic E-state index is -1.66. The fourth-order valence-corrected chi connectivity index (χ4v) is 4.41. The van der Waals surface area contributed by atoms with Gasteiger partial charge in [0.2, 0.25) is 5.41 Å². The molecule has 1 aliphatic heterocycles. The standard InChI is InChI=1S/C21H20ClN5/c1-13(2)27-8-7-18-17(10-27)19(14-3-5-15(22)6-4-14)16(9-23)20(26)21(18,11-24)12-25/h3-7,13,16-17,19,26H,8,10H2,1-2H3/t16-,17-,19+/m0/s1. The first-order valence-corrected chi connectivity index (χ1v) is 9.28. The van der Waals surface area contributed by atoms with Crippen molar-refractivity contribution in [3.63, 3.8) is 0 Å². The third-order valence-corrected chi connectivity index (χ3v) is 6.03. The Labute approximate surface area is 164 Å². The first-order chi connectivity index (χ1) is 12.9. The number of halogens is 1. The second-order valence-electron chi connectivity index (χ2n) is 7.38. The molecule has 0 unspecified atom stereocenters. The first-order valence-electron chi connectivity index (χ1n) is 8.90. The molecule has 136 valence electrons. The van der Waals surface area contributed by atoms with E-state index in [4.69, 9.17) is 17.0 Å². The van der Waals surface area contributed by atoms with E-state index < -0.39 is 11.3 Å². The Morgan fingerprint density at radius 3 is 2.33 bits per heavy atom. The average Bonchev–Trinajstić information content (AvgIpc) is 2.68. The van der Waals surface area contributed by atoms with Crippen LogP contribution in [0.3, 0.4) is 0 Å². The zero-order valence-electron chi connectivity index (χ0n) is 15.3. The van der Waals surface area contributed by atoms with Gasteiger partial charge in [-0.3, -0.25) is 4.90 Å². The molecule has 3 atom stereocenters. The summed E-state index contributed by atoms with van der Waals surface area (Å²) in [4.78, 5) is 2.26. The van der Waals surface area contributed by atoms with Crippen LogP contribution in [0.25, 0.3) is 0 Å². The molecule has 2 aliphatic rings. The van der Waals surface area contributed by atoms with Crippen molar-refractivity contribution in [2.75, 3.05) is 13.1 Å². The van der Waals surface area contributed by atoms with Gasteiger partial charge >= 0.3 is 0 Å².